The van der Waals surface area contributed by atoms with Gasteiger partial charge in [0.2, 0.25) is 5.65 Å². The summed E-state index contributed by atoms with van der Waals surface area (Å²) < 4.78 is 1.77. The van der Waals surface area contributed by atoms with Crippen molar-refractivity contribution in [2.75, 3.05) is 5.73 Å². The largest absolute Gasteiger partial charge is 0.394 e. The molecule has 2 aromatic rings. The SMILES string of the molecule is Cc1[nH]n2c(C)nnc2c1N.Cl.Cl. The minimum Gasteiger partial charge on any atom is -0.394 e. The number of aromatic amines is 1. The van der Waals surface area contributed by atoms with Crippen molar-refractivity contribution in [3.63, 3.8) is 0 Å². The van der Waals surface area contributed by atoms with Gasteiger partial charge in [0, 0.05) is 0 Å². The first-order valence-corrected chi connectivity index (χ1v) is 3.36. The molecule has 0 amide bonds. The average Bonchev–Trinajstić information content (AvgIpc) is 2.43. The number of aryl methyl sites for hydroxylation is 2. The lowest BCUT2D eigenvalue weighted by Crippen LogP contribution is -1.87. The molecule has 0 atom stereocenters. The maximum absolute atomic E-state index is 5.70. The van der Waals surface area contributed by atoms with Crippen LogP contribution in [0.4, 0.5) is 5.69 Å². The maximum Gasteiger partial charge on any atom is 0.200 e. The van der Waals surface area contributed by atoms with Crippen molar-refractivity contribution in [3.05, 3.63) is 11.5 Å². The second-order valence-electron chi connectivity index (χ2n) is 2.56. The number of nitrogen functional groups attached to an aromatic ring is 1. The number of nitrogens with one attached hydrogen (secondary N) is 1. The Kier molecular flexibility index (Phi) is 3.57. The maximum atomic E-state index is 5.70. The van der Waals surface area contributed by atoms with Crippen LogP contribution in [-0.4, -0.2) is 19.8 Å². The Labute approximate surface area is 87.5 Å². The van der Waals surface area contributed by atoms with Gasteiger partial charge < -0.3 is 5.73 Å². The zero-order valence-electron chi connectivity index (χ0n) is 7.24. The molecule has 5 nitrogen and oxygen atoms in total. The van der Waals surface area contributed by atoms with Gasteiger partial charge in [-0.3, -0.25) is 5.10 Å². The van der Waals surface area contributed by atoms with Crippen LogP contribution < -0.4 is 5.73 Å². The highest BCUT2D eigenvalue weighted by Gasteiger charge is 2.08. The lowest BCUT2D eigenvalue weighted by molar-refractivity contribution is 0.876. The van der Waals surface area contributed by atoms with Gasteiger partial charge >= 0.3 is 0 Å². The Hall–Kier alpha value is -0.940. The van der Waals surface area contributed by atoms with Gasteiger partial charge in [0.25, 0.3) is 0 Å². The van der Waals surface area contributed by atoms with E-state index in [1.54, 1.807) is 4.52 Å². The molecule has 0 radical (unpaired) electrons. The lowest BCUT2D eigenvalue weighted by Gasteiger charge is -1.84. The van der Waals surface area contributed by atoms with Gasteiger partial charge in [-0.15, -0.1) is 35.0 Å². The van der Waals surface area contributed by atoms with Crippen LogP contribution in [-0.2, 0) is 0 Å². The molecule has 0 saturated carbocycles. The molecule has 0 spiro atoms. The van der Waals surface area contributed by atoms with E-state index in [4.69, 9.17) is 5.73 Å². The molecule has 2 aromatic heterocycles. The summed E-state index contributed by atoms with van der Waals surface area (Å²) in [6.45, 7) is 3.78. The van der Waals surface area contributed by atoms with Gasteiger partial charge in [-0.25, -0.2) is 4.52 Å². The standard InChI is InChI=1S/C6H9N5.2ClH/c1-3-5(7)6-9-8-4(2)11(6)10-3;;/h10H,7H2,1-2H3;2*1H. The molecule has 0 aliphatic carbocycles. The summed E-state index contributed by atoms with van der Waals surface area (Å²) in [5.74, 6) is 0.819. The Morgan fingerprint density at radius 1 is 1.23 bits per heavy atom. The summed E-state index contributed by atoms with van der Waals surface area (Å²) in [6, 6.07) is 0. The highest BCUT2D eigenvalue weighted by atomic mass is 35.5. The molecule has 7 heteroatoms. The molecule has 74 valence electrons. The number of hydrogen-bond donors (Lipinski definition) is 2. The molecule has 3 N–H and O–H groups in total. The average molecular weight is 224 g/mol. The highest BCUT2D eigenvalue weighted by Crippen LogP contribution is 2.15. The third-order valence-corrected chi connectivity index (χ3v) is 1.75. The number of nitrogens with zero attached hydrogens (tertiary/aromatic N) is 3. The zero-order chi connectivity index (χ0) is 8.01. The van der Waals surface area contributed by atoms with Crippen LogP contribution in [0.1, 0.15) is 11.5 Å². The topological polar surface area (TPSA) is 72.0 Å². The van der Waals surface area contributed by atoms with E-state index in [0.717, 1.165) is 11.5 Å². The number of nitrogens with two attached hydrogens (primary N) is 1. The predicted octanol–water partition coefficient (Wildman–Crippen LogP) is 1.10. The second kappa shape index (κ2) is 3.85. The molecule has 0 saturated heterocycles. The summed E-state index contributed by atoms with van der Waals surface area (Å²) >= 11 is 0. The molecule has 0 aliphatic rings. The third kappa shape index (κ3) is 1.57. The van der Waals surface area contributed by atoms with Crippen molar-refractivity contribution in [1.82, 2.24) is 19.8 Å². The number of H-pyrrole nitrogens is 1. The van der Waals surface area contributed by atoms with Crippen LogP contribution in [0.15, 0.2) is 0 Å². The van der Waals surface area contributed by atoms with E-state index in [9.17, 15) is 0 Å². The first kappa shape index (κ1) is 12.1. The first-order valence-electron chi connectivity index (χ1n) is 3.36. The molecule has 0 aromatic carbocycles. The van der Waals surface area contributed by atoms with Gasteiger partial charge in [-0.1, -0.05) is 0 Å². The Morgan fingerprint density at radius 3 is 2.38 bits per heavy atom. The zero-order valence-corrected chi connectivity index (χ0v) is 8.87. The number of aromatic nitrogens is 4. The van der Waals surface area contributed by atoms with Crippen molar-refractivity contribution in [3.8, 4) is 0 Å². The summed E-state index contributed by atoms with van der Waals surface area (Å²) in [4.78, 5) is 0. The van der Waals surface area contributed by atoms with Crippen LogP contribution in [0.2, 0.25) is 0 Å². The van der Waals surface area contributed by atoms with Crippen LogP contribution >= 0.6 is 24.8 Å². The quantitative estimate of drug-likeness (QED) is 0.703. The number of hydrogen-bond acceptors (Lipinski definition) is 3. The Bertz CT molecular complexity index is 404. The van der Waals surface area contributed by atoms with E-state index in [-0.39, 0.29) is 24.8 Å². The first-order chi connectivity index (χ1) is 5.20. The fourth-order valence-electron chi connectivity index (χ4n) is 1.07. The smallest absolute Gasteiger partial charge is 0.200 e. The molecular formula is C6H11Cl2N5. The lowest BCUT2D eigenvalue weighted by atomic mass is 10.4. The van der Waals surface area contributed by atoms with E-state index in [1.165, 1.54) is 0 Å². The summed E-state index contributed by atoms with van der Waals surface area (Å²) in [6.07, 6.45) is 0. The Morgan fingerprint density at radius 2 is 1.85 bits per heavy atom. The highest BCUT2D eigenvalue weighted by molar-refractivity contribution is 5.85. The Balaban J connectivity index is 0.000000720. The number of rotatable bonds is 0. The molecule has 0 fully saturated rings. The van der Waals surface area contributed by atoms with Gasteiger partial charge in [-0.2, -0.15) is 0 Å². The van der Waals surface area contributed by atoms with Crippen LogP contribution in [0.25, 0.3) is 5.65 Å². The van der Waals surface area contributed by atoms with Crippen LogP contribution in [0.5, 0.6) is 0 Å². The molecular weight excluding hydrogens is 213 g/mol. The van der Waals surface area contributed by atoms with Gasteiger partial charge in [-0.05, 0) is 13.8 Å². The van der Waals surface area contributed by atoms with E-state index >= 15 is 0 Å². The van der Waals surface area contributed by atoms with Crippen molar-refractivity contribution in [2.24, 2.45) is 0 Å². The monoisotopic (exact) mass is 223 g/mol. The molecule has 2 rings (SSSR count). The van der Waals surface area contributed by atoms with E-state index in [1.807, 2.05) is 13.8 Å². The molecule has 0 aliphatic heterocycles. The summed E-state index contributed by atoms with van der Waals surface area (Å²) in [5.41, 5.74) is 8.01. The second-order valence-corrected chi connectivity index (χ2v) is 2.56. The normalized spacial score (nSPS) is 9.38. The van der Waals surface area contributed by atoms with Gasteiger partial charge in [0.05, 0.1) is 11.4 Å². The fraction of sp³-hybridized carbons (Fsp3) is 0.333. The van der Waals surface area contributed by atoms with E-state index in [2.05, 4.69) is 15.3 Å². The minimum atomic E-state index is 0. The van der Waals surface area contributed by atoms with Crippen LogP contribution in [0.3, 0.4) is 0 Å². The van der Waals surface area contributed by atoms with Crippen molar-refractivity contribution in [1.29, 1.82) is 0 Å². The minimum absolute atomic E-state index is 0. The van der Waals surface area contributed by atoms with E-state index < -0.39 is 0 Å². The predicted molar refractivity (Wildman–Crippen MR) is 55.7 cm³/mol. The van der Waals surface area contributed by atoms with Gasteiger partial charge in [0.1, 0.15) is 5.82 Å². The molecule has 0 unspecified atom stereocenters. The molecule has 13 heavy (non-hydrogen) atoms. The van der Waals surface area contributed by atoms with Crippen molar-refractivity contribution < 1.29 is 0 Å². The van der Waals surface area contributed by atoms with E-state index in [0.29, 0.717) is 11.3 Å². The van der Waals surface area contributed by atoms with Crippen molar-refractivity contribution in [2.45, 2.75) is 13.8 Å². The number of halogens is 2. The number of fused-ring (bicyclic) bond motifs is 1. The summed E-state index contributed by atoms with van der Waals surface area (Å²) in [7, 11) is 0. The van der Waals surface area contributed by atoms with Crippen molar-refractivity contribution >= 4 is 36.1 Å². The molecule has 2 heterocycles. The molecule has 0 bridgehead atoms. The summed E-state index contributed by atoms with van der Waals surface area (Å²) in [5, 5.41) is 10.8. The fourth-order valence-corrected chi connectivity index (χ4v) is 1.07. The van der Waals surface area contributed by atoms with Crippen LogP contribution in [0, 0.1) is 13.8 Å². The van der Waals surface area contributed by atoms with Gasteiger partial charge in [0.15, 0.2) is 0 Å². The number of anilines is 1. The third-order valence-electron chi connectivity index (χ3n) is 1.75.